The Morgan fingerprint density at radius 3 is 2.65 bits per heavy atom. The number of amides is 2. The van der Waals surface area contributed by atoms with Crippen molar-refractivity contribution in [2.75, 3.05) is 24.2 Å². The second kappa shape index (κ2) is 9.16. The van der Waals surface area contributed by atoms with Gasteiger partial charge in [-0.25, -0.2) is 9.67 Å². The summed E-state index contributed by atoms with van der Waals surface area (Å²) in [6.07, 6.45) is 5.12. The number of likely N-dealkylation sites (N-methyl/N-ethyl adjacent to an activating group) is 1. The molecular formula is C24H23N7O2S. The number of hydrogen-bond donors (Lipinski definition) is 3. The number of carbonyl (C=O) groups is 2. The first-order valence-corrected chi connectivity index (χ1v) is 11.7. The summed E-state index contributed by atoms with van der Waals surface area (Å²) >= 11 is 1.46. The number of nitrogens with zero attached hydrogens (tertiary/aromatic N) is 4. The molecule has 0 spiro atoms. The number of aryl methyl sites for hydroxylation is 1. The highest BCUT2D eigenvalue weighted by Gasteiger charge is 2.30. The van der Waals surface area contributed by atoms with Gasteiger partial charge >= 0.3 is 0 Å². The van der Waals surface area contributed by atoms with Crippen molar-refractivity contribution < 1.29 is 9.59 Å². The minimum Gasteiger partial charge on any atom is -0.325 e. The topological polar surface area (TPSA) is 114 Å². The first kappa shape index (κ1) is 21.9. The van der Waals surface area contributed by atoms with Crippen LogP contribution in [0.15, 0.2) is 48.8 Å². The van der Waals surface area contributed by atoms with Crippen molar-refractivity contribution in [2.45, 2.75) is 19.8 Å². The van der Waals surface area contributed by atoms with Crippen LogP contribution in [0.25, 0.3) is 27.5 Å². The van der Waals surface area contributed by atoms with Crippen molar-refractivity contribution in [3.05, 3.63) is 60.0 Å². The zero-order chi connectivity index (χ0) is 23.7. The fraction of sp³-hybridized carbons (Fsp3) is 0.208. The van der Waals surface area contributed by atoms with Crippen LogP contribution in [-0.2, 0) is 22.4 Å². The summed E-state index contributed by atoms with van der Waals surface area (Å²) < 4.78 is 1.92. The Balaban J connectivity index is 1.60. The van der Waals surface area contributed by atoms with E-state index >= 15 is 0 Å². The average molecular weight is 474 g/mol. The number of aromatic nitrogens is 4. The van der Waals surface area contributed by atoms with Crippen molar-refractivity contribution in [2.24, 2.45) is 0 Å². The Bertz CT molecular complexity index is 1360. The highest BCUT2D eigenvalue weighted by Crippen LogP contribution is 2.44. The number of thiazole rings is 1. The molecule has 0 unspecified atom stereocenters. The molecule has 4 aromatic rings. The molecule has 0 saturated carbocycles. The van der Waals surface area contributed by atoms with Gasteiger partial charge in [0.05, 0.1) is 34.2 Å². The molecule has 3 aromatic heterocycles. The number of anilines is 2. The summed E-state index contributed by atoms with van der Waals surface area (Å²) in [6.45, 7) is 1.72. The highest BCUT2D eigenvalue weighted by molar-refractivity contribution is 7.19. The fourth-order valence-electron chi connectivity index (χ4n) is 4.05. The molecule has 0 aliphatic heterocycles. The van der Waals surface area contributed by atoms with Gasteiger partial charge in [-0.15, -0.1) is 0 Å². The first-order chi connectivity index (χ1) is 16.5. The van der Waals surface area contributed by atoms with Crippen LogP contribution in [0.1, 0.15) is 18.2 Å². The van der Waals surface area contributed by atoms with E-state index in [4.69, 9.17) is 5.10 Å². The maximum Gasteiger partial charge on any atom is 0.238 e. The number of fused-ring (bicyclic) bond motifs is 3. The molecular weight excluding hydrogens is 450 g/mol. The third-order valence-electron chi connectivity index (χ3n) is 5.46. The van der Waals surface area contributed by atoms with Gasteiger partial charge in [0.25, 0.3) is 0 Å². The van der Waals surface area contributed by atoms with Crippen LogP contribution >= 0.6 is 11.3 Å². The zero-order valence-electron chi connectivity index (χ0n) is 18.8. The standard InChI is InChI=1S/C24H23N7O2S/c1-14(32)27-24-29-19-10-9-18-21(15-4-3-11-26-12-15)30-31(22(18)23(19)34-24)17-7-5-16(6-8-17)28-20(33)13-25-2/h3-8,11-12,25H,9-10,13H2,1-2H3,(H,28,33)(H,27,29,32). The Hall–Kier alpha value is -3.89. The minimum atomic E-state index is -0.146. The molecule has 0 fully saturated rings. The lowest BCUT2D eigenvalue weighted by molar-refractivity contribution is -0.115. The SMILES string of the molecule is CNCC(=O)Nc1ccc(-n2nc(-c3cccnc3)c3c2-c2sc(NC(C)=O)nc2CC3)cc1. The maximum absolute atomic E-state index is 11.9. The van der Waals surface area contributed by atoms with Gasteiger partial charge in [0.1, 0.15) is 0 Å². The normalized spacial score (nSPS) is 12.1. The molecule has 5 rings (SSSR count). The predicted octanol–water partition coefficient (Wildman–Crippen LogP) is 3.27. The van der Waals surface area contributed by atoms with E-state index in [0.29, 0.717) is 10.8 Å². The van der Waals surface area contributed by atoms with Crippen molar-refractivity contribution in [3.8, 4) is 27.5 Å². The van der Waals surface area contributed by atoms with E-state index in [1.807, 2.05) is 47.3 Å². The molecule has 10 heteroatoms. The van der Waals surface area contributed by atoms with E-state index in [0.717, 1.165) is 51.6 Å². The lowest BCUT2D eigenvalue weighted by Crippen LogP contribution is -2.24. The Labute approximate surface area is 200 Å². The van der Waals surface area contributed by atoms with Crippen LogP contribution in [-0.4, -0.2) is 45.2 Å². The molecule has 1 aliphatic rings. The average Bonchev–Trinajstić information content (AvgIpc) is 3.41. The van der Waals surface area contributed by atoms with Crippen molar-refractivity contribution >= 4 is 34.0 Å². The molecule has 9 nitrogen and oxygen atoms in total. The molecule has 0 saturated heterocycles. The zero-order valence-corrected chi connectivity index (χ0v) is 19.6. The Morgan fingerprint density at radius 2 is 1.94 bits per heavy atom. The number of pyridine rings is 1. The molecule has 0 atom stereocenters. The number of nitrogens with one attached hydrogen (secondary N) is 3. The van der Waals surface area contributed by atoms with Gasteiger partial charge in [0.2, 0.25) is 11.8 Å². The van der Waals surface area contributed by atoms with Crippen molar-refractivity contribution in [3.63, 3.8) is 0 Å². The van der Waals surface area contributed by atoms with Crippen LogP contribution in [0.5, 0.6) is 0 Å². The van der Waals surface area contributed by atoms with Crippen molar-refractivity contribution in [1.29, 1.82) is 0 Å². The molecule has 3 heterocycles. The van der Waals surface area contributed by atoms with Gasteiger partial charge in [0, 0.05) is 36.1 Å². The maximum atomic E-state index is 11.9. The number of hydrogen-bond acceptors (Lipinski definition) is 7. The van der Waals surface area contributed by atoms with Crippen LogP contribution in [0, 0.1) is 0 Å². The van der Waals surface area contributed by atoms with Crippen LogP contribution in [0.4, 0.5) is 10.8 Å². The highest BCUT2D eigenvalue weighted by atomic mass is 32.1. The summed E-state index contributed by atoms with van der Waals surface area (Å²) in [7, 11) is 1.73. The molecule has 0 radical (unpaired) electrons. The molecule has 172 valence electrons. The monoisotopic (exact) mass is 473 g/mol. The van der Waals surface area contributed by atoms with E-state index in [2.05, 4.69) is 25.9 Å². The van der Waals surface area contributed by atoms with Crippen molar-refractivity contribution in [1.82, 2.24) is 25.1 Å². The van der Waals surface area contributed by atoms with E-state index in [1.54, 1.807) is 13.2 Å². The van der Waals surface area contributed by atoms with Crippen LogP contribution in [0.3, 0.4) is 0 Å². The van der Waals surface area contributed by atoms with E-state index in [1.165, 1.54) is 18.3 Å². The lowest BCUT2D eigenvalue weighted by Gasteiger charge is -2.14. The minimum absolute atomic E-state index is 0.106. The van der Waals surface area contributed by atoms with Gasteiger partial charge in [0.15, 0.2) is 5.13 Å². The largest absolute Gasteiger partial charge is 0.325 e. The molecule has 34 heavy (non-hydrogen) atoms. The smallest absolute Gasteiger partial charge is 0.238 e. The van der Waals surface area contributed by atoms with Crippen LogP contribution in [0.2, 0.25) is 0 Å². The third-order valence-corrected chi connectivity index (χ3v) is 6.48. The van der Waals surface area contributed by atoms with E-state index in [-0.39, 0.29) is 18.4 Å². The van der Waals surface area contributed by atoms with E-state index in [9.17, 15) is 9.59 Å². The summed E-state index contributed by atoms with van der Waals surface area (Å²) in [5.74, 6) is -0.253. The molecule has 2 amide bonds. The summed E-state index contributed by atoms with van der Waals surface area (Å²) in [6, 6.07) is 11.5. The first-order valence-electron chi connectivity index (χ1n) is 10.9. The molecule has 1 aliphatic carbocycles. The third kappa shape index (κ3) is 4.20. The van der Waals surface area contributed by atoms with Gasteiger partial charge in [-0.05, 0) is 56.3 Å². The summed E-state index contributed by atoms with van der Waals surface area (Å²) in [5, 5.41) is 14.1. The quantitative estimate of drug-likeness (QED) is 0.396. The second-order valence-corrected chi connectivity index (χ2v) is 8.93. The number of carbonyl (C=O) groups excluding carboxylic acids is 2. The van der Waals surface area contributed by atoms with Gasteiger partial charge < -0.3 is 16.0 Å². The summed E-state index contributed by atoms with van der Waals surface area (Å²) in [5.41, 5.74) is 6.46. The molecule has 0 bridgehead atoms. The number of benzene rings is 1. The molecule has 1 aromatic carbocycles. The van der Waals surface area contributed by atoms with E-state index < -0.39 is 0 Å². The number of rotatable bonds is 6. The van der Waals surface area contributed by atoms with Gasteiger partial charge in [-0.1, -0.05) is 11.3 Å². The molecule has 3 N–H and O–H groups in total. The van der Waals surface area contributed by atoms with Gasteiger partial charge in [-0.2, -0.15) is 5.10 Å². The van der Waals surface area contributed by atoms with Gasteiger partial charge in [-0.3, -0.25) is 14.6 Å². The Morgan fingerprint density at radius 1 is 1.12 bits per heavy atom. The Kier molecular flexibility index (Phi) is 5.91. The fourth-order valence-corrected chi connectivity index (χ4v) is 5.16. The second-order valence-electron chi connectivity index (χ2n) is 7.93. The predicted molar refractivity (Wildman–Crippen MR) is 132 cm³/mol. The summed E-state index contributed by atoms with van der Waals surface area (Å²) in [4.78, 5) is 33.4. The van der Waals surface area contributed by atoms with Crippen LogP contribution < -0.4 is 16.0 Å². The lowest BCUT2D eigenvalue weighted by atomic mass is 9.95.